The van der Waals surface area contributed by atoms with Gasteiger partial charge in [0.25, 0.3) is 5.91 Å². The van der Waals surface area contributed by atoms with Gasteiger partial charge in [-0.05, 0) is 12.0 Å². The van der Waals surface area contributed by atoms with Crippen molar-refractivity contribution in [2.75, 3.05) is 6.54 Å². The first-order chi connectivity index (χ1) is 8.24. The predicted molar refractivity (Wildman–Crippen MR) is 64.3 cm³/mol. The van der Waals surface area contributed by atoms with Gasteiger partial charge in [-0.25, -0.2) is 4.79 Å². The van der Waals surface area contributed by atoms with E-state index in [-0.39, 0.29) is 24.5 Å². The lowest BCUT2D eigenvalue weighted by molar-refractivity contribution is -0.126. The molecule has 4 nitrogen and oxygen atoms in total. The summed E-state index contributed by atoms with van der Waals surface area (Å²) in [5.41, 5.74) is 1.01. The molecule has 1 aliphatic heterocycles. The number of urea groups is 1. The van der Waals surface area contributed by atoms with Gasteiger partial charge >= 0.3 is 6.03 Å². The average molecular weight is 232 g/mol. The zero-order chi connectivity index (χ0) is 12.3. The third kappa shape index (κ3) is 2.30. The Hall–Kier alpha value is -1.84. The van der Waals surface area contributed by atoms with Crippen molar-refractivity contribution < 1.29 is 9.59 Å². The Kier molecular flexibility index (Phi) is 3.42. The van der Waals surface area contributed by atoms with Gasteiger partial charge in [0.05, 0.1) is 12.6 Å². The monoisotopic (exact) mass is 232 g/mol. The average Bonchev–Trinajstić information content (AvgIpc) is 2.68. The van der Waals surface area contributed by atoms with Crippen molar-refractivity contribution in [3.63, 3.8) is 0 Å². The van der Waals surface area contributed by atoms with Crippen LogP contribution >= 0.6 is 0 Å². The molecule has 4 heteroatoms. The fraction of sp³-hybridized carbons (Fsp3) is 0.385. The molecule has 1 atom stereocenters. The summed E-state index contributed by atoms with van der Waals surface area (Å²) in [4.78, 5) is 24.7. The molecular weight excluding hydrogens is 216 g/mol. The summed E-state index contributed by atoms with van der Waals surface area (Å²) in [5.74, 6) is -0.141. The van der Waals surface area contributed by atoms with Crippen LogP contribution < -0.4 is 5.32 Å². The van der Waals surface area contributed by atoms with E-state index in [0.717, 1.165) is 18.4 Å². The van der Waals surface area contributed by atoms with Gasteiger partial charge in [-0.3, -0.25) is 9.69 Å². The van der Waals surface area contributed by atoms with Crippen LogP contribution in [-0.2, 0) is 4.79 Å². The highest BCUT2D eigenvalue weighted by atomic mass is 16.2. The highest BCUT2D eigenvalue weighted by Gasteiger charge is 2.35. The molecule has 2 rings (SSSR count). The second kappa shape index (κ2) is 4.99. The summed E-state index contributed by atoms with van der Waals surface area (Å²) in [6.45, 7) is 2.17. The number of carbonyl (C=O) groups is 2. The van der Waals surface area contributed by atoms with E-state index in [1.54, 1.807) is 0 Å². The van der Waals surface area contributed by atoms with Gasteiger partial charge in [0.2, 0.25) is 0 Å². The maximum atomic E-state index is 11.7. The highest BCUT2D eigenvalue weighted by Crippen LogP contribution is 2.27. The Morgan fingerprint density at radius 3 is 2.53 bits per heavy atom. The summed E-state index contributed by atoms with van der Waals surface area (Å²) in [6, 6.07) is 9.28. The number of imide groups is 1. The molecule has 0 bridgehead atoms. The normalized spacial score (nSPS) is 17.1. The molecule has 1 N–H and O–H groups in total. The van der Waals surface area contributed by atoms with Gasteiger partial charge in [0.15, 0.2) is 0 Å². The van der Waals surface area contributed by atoms with Gasteiger partial charge < -0.3 is 5.32 Å². The van der Waals surface area contributed by atoms with Gasteiger partial charge in [-0.2, -0.15) is 0 Å². The minimum atomic E-state index is -0.280. The topological polar surface area (TPSA) is 49.4 Å². The number of nitrogens with one attached hydrogen (secondary N) is 1. The molecule has 1 aromatic carbocycles. The lowest BCUT2D eigenvalue weighted by Crippen LogP contribution is -2.35. The van der Waals surface area contributed by atoms with Crippen LogP contribution in [0.2, 0.25) is 0 Å². The quantitative estimate of drug-likeness (QED) is 0.808. The summed E-state index contributed by atoms with van der Waals surface area (Å²) in [7, 11) is 0. The maximum absolute atomic E-state index is 11.7. The van der Waals surface area contributed by atoms with E-state index in [1.807, 2.05) is 37.3 Å². The molecule has 1 aromatic rings. The minimum absolute atomic E-state index is 0.117. The van der Waals surface area contributed by atoms with Crippen molar-refractivity contribution in [1.29, 1.82) is 0 Å². The first-order valence-corrected chi connectivity index (χ1v) is 5.89. The Balaban J connectivity index is 2.29. The Labute approximate surface area is 101 Å². The Morgan fingerprint density at radius 2 is 2.00 bits per heavy atom. The SMILES string of the molecule is CCCC(c1ccccc1)N1C(=O)CNC1=O. The van der Waals surface area contributed by atoms with Crippen molar-refractivity contribution in [1.82, 2.24) is 10.2 Å². The number of hydrogen-bond donors (Lipinski definition) is 1. The number of hydrogen-bond acceptors (Lipinski definition) is 2. The Morgan fingerprint density at radius 1 is 1.29 bits per heavy atom. The van der Waals surface area contributed by atoms with Crippen LogP contribution in [0.25, 0.3) is 0 Å². The first kappa shape index (κ1) is 11.6. The smallest absolute Gasteiger partial charge is 0.325 e. The second-order valence-corrected chi connectivity index (χ2v) is 4.14. The molecule has 0 radical (unpaired) electrons. The third-order valence-corrected chi connectivity index (χ3v) is 2.94. The van der Waals surface area contributed by atoms with Crippen LogP contribution in [0.15, 0.2) is 30.3 Å². The molecular formula is C13H16N2O2. The van der Waals surface area contributed by atoms with E-state index in [2.05, 4.69) is 5.32 Å². The van der Waals surface area contributed by atoms with E-state index in [0.29, 0.717) is 0 Å². The van der Waals surface area contributed by atoms with Crippen molar-refractivity contribution in [2.24, 2.45) is 0 Å². The molecule has 0 saturated carbocycles. The molecule has 1 aliphatic rings. The number of carbonyl (C=O) groups excluding carboxylic acids is 2. The summed E-state index contributed by atoms with van der Waals surface area (Å²) >= 11 is 0. The van der Waals surface area contributed by atoms with E-state index in [1.165, 1.54) is 4.90 Å². The van der Waals surface area contributed by atoms with Gasteiger partial charge in [0.1, 0.15) is 0 Å². The predicted octanol–water partition coefficient (Wildman–Crippen LogP) is 2.08. The number of rotatable bonds is 4. The van der Waals surface area contributed by atoms with Crippen LogP contribution in [-0.4, -0.2) is 23.4 Å². The van der Waals surface area contributed by atoms with Crippen LogP contribution in [0, 0.1) is 0 Å². The van der Waals surface area contributed by atoms with Crippen LogP contribution in [0.4, 0.5) is 4.79 Å². The van der Waals surface area contributed by atoms with Crippen LogP contribution in [0.1, 0.15) is 31.4 Å². The molecule has 90 valence electrons. The van der Waals surface area contributed by atoms with Crippen LogP contribution in [0.5, 0.6) is 0 Å². The lowest BCUT2D eigenvalue weighted by Gasteiger charge is -2.25. The fourth-order valence-corrected chi connectivity index (χ4v) is 2.14. The second-order valence-electron chi connectivity index (χ2n) is 4.14. The summed E-state index contributed by atoms with van der Waals surface area (Å²) < 4.78 is 0. The van der Waals surface area contributed by atoms with E-state index in [9.17, 15) is 9.59 Å². The van der Waals surface area contributed by atoms with Gasteiger partial charge in [-0.1, -0.05) is 43.7 Å². The summed E-state index contributed by atoms with van der Waals surface area (Å²) in [5, 5.41) is 2.57. The molecule has 0 aliphatic carbocycles. The molecule has 3 amide bonds. The number of benzene rings is 1. The van der Waals surface area contributed by atoms with Gasteiger partial charge in [0, 0.05) is 0 Å². The molecule has 1 unspecified atom stereocenters. The minimum Gasteiger partial charge on any atom is -0.329 e. The number of nitrogens with zero attached hydrogens (tertiary/aromatic N) is 1. The largest absolute Gasteiger partial charge is 0.329 e. The highest BCUT2D eigenvalue weighted by molar-refractivity contribution is 6.02. The Bertz CT molecular complexity index is 401. The molecule has 0 aromatic heterocycles. The molecule has 1 saturated heterocycles. The zero-order valence-corrected chi connectivity index (χ0v) is 9.85. The summed E-state index contributed by atoms with van der Waals surface area (Å²) in [6.07, 6.45) is 1.72. The van der Waals surface area contributed by atoms with E-state index < -0.39 is 0 Å². The first-order valence-electron chi connectivity index (χ1n) is 5.89. The number of amides is 3. The fourth-order valence-electron chi connectivity index (χ4n) is 2.14. The third-order valence-electron chi connectivity index (χ3n) is 2.94. The van der Waals surface area contributed by atoms with E-state index >= 15 is 0 Å². The lowest BCUT2D eigenvalue weighted by atomic mass is 10.0. The molecule has 1 heterocycles. The maximum Gasteiger partial charge on any atom is 0.325 e. The molecule has 1 fully saturated rings. The molecule has 17 heavy (non-hydrogen) atoms. The van der Waals surface area contributed by atoms with Crippen molar-refractivity contribution in [3.05, 3.63) is 35.9 Å². The van der Waals surface area contributed by atoms with Crippen molar-refractivity contribution in [3.8, 4) is 0 Å². The standard InChI is InChI=1S/C13H16N2O2/c1-2-6-11(10-7-4-3-5-8-10)15-12(16)9-14-13(15)17/h3-5,7-8,11H,2,6,9H2,1H3,(H,14,17). The van der Waals surface area contributed by atoms with Crippen molar-refractivity contribution in [2.45, 2.75) is 25.8 Å². The van der Waals surface area contributed by atoms with Gasteiger partial charge in [-0.15, -0.1) is 0 Å². The molecule has 0 spiro atoms. The van der Waals surface area contributed by atoms with E-state index in [4.69, 9.17) is 0 Å². The zero-order valence-electron chi connectivity index (χ0n) is 9.85. The van der Waals surface area contributed by atoms with Crippen molar-refractivity contribution >= 4 is 11.9 Å². The van der Waals surface area contributed by atoms with Crippen LogP contribution in [0.3, 0.4) is 0 Å².